The number of rotatable bonds is 2. The van der Waals surface area contributed by atoms with Crippen molar-refractivity contribution in [2.45, 2.75) is 6.92 Å². The van der Waals surface area contributed by atoms with Crippen LogP contribution in [0.4, 0.5) is 0 Å². The standard InChI is InChI=1S/C18H13N3O2/c1-11-6-8-12(9-7-11)18-20-16(21-23-18)14-10-13-4-2-3-5-15(13)19-17(14)22/h2-10H,1H3,(H,19,22). The van der Waals surface area contributed by atoms with Gasteiger partial charge < -0.3 is 9.51 Å². The quantitative estimate of drug-likeness (QED) is 0.614. The molecule has 0 aliphatic rings. The first-order valence-corrected chi connectivity index (χ1v) is 7.24. The maximum Gasteiger partial charge on any atom is 0.259 e. The van der Waals surface area contributed by atoms with Gasteiger partial charge in [-0.2, -0.15) is 4.98 Å². The molecule has 0 aliphatic carbocycles. The molecule has 4 rings (SSSR count). The Bertz CT molecular complexity index is 1050. The molecule has 0 atom stereocenters. The minimum Gasteiger partial charge on any atom is -0.334 e. The van der Waals surface area contributed by atoms with Crippen LogP contribution in [0, 0.1) is 6.92 Å². The van der Waals surface area contributed by atoms with Crippen molar-refractivity contribution in [1.82, 2.24) is 15.1 Å². The number of pyridine rings is 1. The number of para-hydroxylation sites is 1. The van der Waals surface area contributed by atoms with Crippen LogP contribution in [0.2, 0.25) is 0 Å². The Morgan fingerprint density at radius 2 is 1.83 bits per heavy atom. The molecule has 5 heteroatoms. The third kappa shape index (κ3) is 2.42. The fourth-order valence-electron chi connectivity index (χ4n) is 2.46. The number of benzene rings is 2. The first-order valence-electron chi connectivity index (χ1n) is 7.24. The molecule has 112 valence electrons. The van der Waals surface area contributed by atoms with Crippen molar-refractivity contribution in [3.8, 4) is 22.8 Å². The highest BCUT2D eigenvalue weighted by Gasteiger charge is 2.14. The first-order chi connectivity index (χ1) is 11.2. The molecule has 0 bridgehead atoms. The number of fused-ring (bicyclic) bond motifs is 1. The van der Waals surface area contributed by atoms with Crippen LogP contribution in [0.5, 0.6) is 0 Å². The molecular formula is C18H13N3O2. The molecule has 0 fully saturated rings. The van der Waals surface area contributed by atoms with Gasteiger partial charge in [-0.3, -0.25) is 4.79 Å². The third-order valence-corrected chi connectivity index (χ3v) is 3.72. The van der Waals surface area contributed by atoms with Crippen LogP contribution >= 0.6 is 0 Å². The minimum atomic E-state index is -0.236. The van der Waals surface area contributed by atoms with Crippen LogP contribution in [0.1, 0.15) is 5.56 Å². The van der Waals surface area contributed by atoms with Gasteiger partial charge in [-0.05, 0) is 36.6 Å². The van der Waals surface area contributed by atoms with Gasteiger partial charge in [-0.25, -0.2) is 0 Å². The van der Waals surface area contributed by atoms with E-state index >= 15 is 0 Å². The van der Waals surface area contributed by atoms with Gasteiger partial charge >= 0.3 is 0 Å². The molecule has 4 aromatic rings. The topological polar surface area (TPSA) is 71.8 Å². The zero-order valence-corrected chi connectivity index (χ0v) is 12.4. The van der Waals surface area contributed by atoms with Gasteiger partial charge in [0.25, 0.3) is 11.4 Å². The van der Waals surface area contributed by atoms with E-state index < -0.39 is 0 Å². The van der Waals surface area contributed by atoms with Gasteiger partial charge in [0.15, 0.2) is 0 Å². The largest absolute Gasteiger partial charge is 0.334 e. The maximum atomic E-state index is 12.2. The average molecular weight is 303 g/mol. The fourth-order valence-corrected chi connectivity index (χ4v) is 2.46. The van der Waals surface area contributed by atoms with E-state index in [0.717, 1.165) is 22.0 Å². The van der Waals surface area contributed by atoms with Crippen LogP contribution in [-0.2, 0) is 0 Å². The van der Waals surface area contributed by atoms with Gasteiger partial charge in [0, 0.05) is 11.1 Å². The second-order valence-electron chi connectivity index (χ2n) is 5.39. The van der Waals surface area contributed by atoms with Crippen molar-refractivity contribution < 1.29 is 4.52 Å². The second kappa shape index (κ2) is 5.21. The molecule has 2 aromatic carbocycles. The summed E-state index contributed by atoms with van der Waals surface area (Å²) in [4.78, 5) is 19.4. The number of aromatic amines is 1. The van der Waals surface area contributed by atoms with E-state index in [1.165, 1.54) is 0 Å². The van der Waals surface area contributed by atoms with Crippen LogP contribution in [0.3, 0.4) is 0 Å². The molecular weight excluding hydrogens is 290 g/mol. The van der Waals surface area contributed by atoms with E-state index in [2.05, 4.69) is 15.1 Å². The Morgan fingerprint density at radius 1 is 1.04 bits per heavy atom. The minimum absolute atomic E-state index is 0.236. The lowest BCUT2D eigenvalue weighted by atomic mass is 10.1. The molecule has 0 radical (unpaired) electrons. The van der Waals surface area contributed by atoms with Crippen molar-refractivity contribution >= 4 is 10.9 Å². The van der Waals surface area contributed by atoms with Crippen LogP contribution in [0.15, 0.2) is 63.9 Å². The number of hydrogen-bond donors (Lipinski definition) is 1. The predicted molar refractivity (Wildman–Crippen MR) is 88.0 cm³/mol. The number of H-pyrrole nitrogens is 1. The summed E-state index contributed by atoms with van der Waals surface area (Å²) >= 11 is 0. The van der Waals surface area contributed by atoms with Gasteiger partial charge in [0.05, 0.1) is 5.56 Å². The summed E-state index contributed by atoms with van der Waals surface area (Å²) in [5.41, 5.74) is 2.92. The van der Waals surface area contributed by atoms with E-state index in [0.29, 0.717) is 11.5 Å². The van der Waals surface area contributed by atoms with E-state index in [-0.39, 0.29) is 11.4 Å². The molecule has 0 unspecified atom stereocenters. The molecule has 0 aliphatic heterocycles. The summed E-state index contributed by atoms with van der Waals surface area (Å²) < 4.78 is 5.30. The van der Waals surface area contributed by atoms with Crippen molar-refractivity contribution in [1.29, 1.82) is 0 Å². The van der Waals surface area contributed by atoms with Gasteiger partial charge in [-0.15, -0.1) is 0 Å². The van der Waals surface area contributed by atoms with Crippen molar-refractivity contribution in [2.24, 2.45) is 0 Å². The molecule has 0 saturated heterocycles. The first kappa shape index (κ1) is 13.5. The number of nitrogens with one attached hydrogen (secondary N) is 1. The summed E-state index contributed by atoms with van der Waals surface area (Å²) in [6.45, 7) is 2.01. The molecule has 2 heterocycles. The monoisotopic (exact) mass is 303 g/mol. The third-order valence-electron chi connectivity index (χ3n) is 3.72. The SMILES string of the molecule is Cc1ccc(-c2nc(-c3cc4ccccc4[nH]c3=O)no2)cc1. The lowest BCUT2D eigenvalue weighted by Crippen LogP contribution is -2.09. The second-order valence-corrected chi connectivity index (χ2v) is 5.39. The fraction of sp³-hybridized carbons (Fsp3) is 0.0556. The Kier molecular flexibility index (Phi) is 3.05. The van der Waals surface area contributed by atoms with Crippen molar-refractivity contribution in [2.75, 3.05) is 0 Å². The van der Waals surface area contributed by atoms with E-state index in [1.54, 1.807) is 6.07 Å². The molecule has 1 N–H and O–H groups in total. The highest BCUT2D eigenvalue weighted by Crippen LogP contribution is 2.22. The zero-order chi connectivity index (χ0) is 15.8. The molecule has 5 nitrogen and oxygen atoms in total. The summed E-state index contributed by atoms with van der Waals surface area (Å²) in [5.74, 6) is 0.681. The van der Waals surface area contributed by atoms with Crippen molar-refractivity contribution in [3.05, 3.63) is 70.5 Å². The van der Waals surface area contributed by atoms with Crippen LogP contribution < -0.4 is 5.56 Å². The molecule has 23 heavy (non-hydrogen) atoms. The lowest BCUT2D eigenvalue weighted by Gasteiger charge is -1.99. The average Bonchev–Trinajstić information content (AvgIpc) is 3.04. The van der Waals surface area contributed by atoms with Gasteiger partial charge in [0.2, 0.25) is 5.82 Å². The molecule has 2 aromatic heterocycles. The van der Waals surface area contributed by atoms with E-state index in [1.807, 2.05) is 55.5 Å². The highest BCUT2D eigenvalue weighted by molar-refractivity contribution is 5.82. The number of aromatic nitrogens is 3. The van der Waals surface area contributed by atoms with Gasteiger partial charge in [-0.1, -0.05) is 41.1 Å². The summed E-state index contributed by atoms with van der Waals surface area (Å²) in [6, 6.07) is 17.1. The highest BCUT2D eigenvalue weighted by atomic mass is 16.5. The molecule has 0 amide bonds. The van der Waals surface area contributed by atoms with E-state index in [4.69, 9.17) is 4.52 Å². The van der Waals surface area contributed by atoms with E-state index in [9.17, 15) is 4.79 Å². The predicted octanol–water partition coefficient (Wildman–Crippen LogP) is 3.55. The normalized spacial score (nSPS) is 11.0. The summed E-state index contributed by atoms with van der Waals surface area (Å²) in [6.07, 6.45) is 0. The lowest BCUT2D eigenvalue weighted by molar-refractivity contribution is 0.432. The number of hydrogen-bond acceptors (Lipinski definition) is 4. The molecule has 0 spiro atoms. The van der Waals surface area contributed by atoms with Gasteiger partial charge in [0.1, 0.15) is 0 Å². The maximum absolute atomic E-state index is 12.2. The number of nitrogens with zero attached hydrogens (tertiary/aromatic N) is 2. The molecule has 0 saturated carbocycles. The Balaban J connectivity index is 1.81. The summed E-state index contributed by atoms with van der Waals surface area (Å²) in [5, 5.41) is 4.87. The Labute approximate surface area is 131 Å². The van der Waals surface area contributed by atoms with Crippen molar-refractivity contribution in [3.63, 3.8) is 0 Å². The summed E-state index contributed by atoms with van der Waals surface area (Å²) in [7, 11) is 0. The van der Waals surface area contributed by atoms with Crippen LogP contribution in [-0.4, -0.2) is 15.1 Å². The zero-order valence-electron chi connectivity index (χ0n) is 12.4. The van der Waals surface area contributed by atoms with Crippen LogP contribution in [0.25, 0.3) is 33.7 Å². The Hall–Kier alpha value is -3.21. The Morgan fingerprint density at radius 3 is 2.65 bits per heavy atom. The number of aryl methyl sites for hydroxylation is 1. The smallest absolute Gasteiger partial charge is 0.259 e.